The second-order valence-corrected chi connectivity index (χ2v) is 3.14. The highest BCUT2D eigenvalue weighted by atomic mass is 19.1. The molecule has 0 amide bonds. The van der Waals surface area contributed by atoms with Gasteiger partial charge in [0.25, 0.3) is 0 Å². The maximum atomic E-state index is 12.5. The molecule has 0 saturated carbocycles. The van der Waals surface area contributed by atoms with Crippen LogP contribution in [0.1, 0.15) is 18.4 Å². The van der Waals surface area contributed by atoms with Crippen LogP contribution in [0.4, 0.5) is 4.39 Å². The normalized spacial score (nSPS) is 15.4. The van der Waals surface area contributed by atoms with E-state index in [0.717, 1.165) is 5.56 Å². The second-order valence-electron chi connectivity index (χ2n) is 3.14. The Bertz CT molecular complexity index is 260. The number of aliphatic hydroxyl groups excluding tert-OH is 1. The van der Waals surface area contributed by atoms with Crippen molar-refractivity contribution in [2.45, 2.75) is 18.9 Å². The molecule has 72 valence electrons. The van der Waals surface area contributed by atoms with E-state index in [0.29, 0.717) is 0 Å². The van der Waals surface area contributed by atoms with Crippen LogP contribution in [0, 0.1) is 5.82 Å². The molecule has 0 bridgehead atoms. The number of hydrogen-bond acceptors (Lipinski definition) is 2. The molecule has 0 saturated heterocycles. The Hall–Kier alpha value is -0.930. The summed E-state index contributed by atoms with van der Waals surface area (Å²) in [6, 6.07) is 6.10. The van der Waals surface area contributed by atoms with E-state index in [1.165, 1.54) is 12.1 Å². The van der Waals surface area contributed by atoms with Gasteiger partial charge in [0.05, 0.1) is 6.10 Å². The lowest BCUT2D eigenvalue weighted by Crippen LogP contribution is -2.25. The van der Waals surface area contributed by atoms with E-state index in [-0.39, 0.29) is 18.3 Å². The van der Waals surface area contributed by atoms with Gasteiger partial charge >= 0.3 is 0 Å². The van der Waals surface area contributed by atoms with Crippen molar-refractivity contribution in [1.82, 2.24) is 0 Å². The van der Waals surface area contributed by atoms with E-state index in [4.69, 9.17) is 5.73 Å². The molecule has 1 aromatic carbocycles. The molecular weight excluding hydrogens is 169 g/mol. The zero-order chi connectivity index (χ0) is 9.84. The first-order chi connectivity index (χ1) is 6.15. The predicted octanol–water partition coefficient (Wildman–Crippen LogP) is 1.25. The van der Waals surface area contributed by atoms with Crippen molar-refractivity contribution in [3.63, 3.8) is 0 Å². The molecule has 2 atom stereocenters. The van der Waals surface area contributed by atoms with Crippen molar-refractivity contribution in [2.24, 2.45) is 5.73 Å². The molecule has 0 radical (unpaired) electrons. The number of halogens is 1. The predicted molar refractivity (Wildman–Crippen MR) is 49.9 cm³/mol. The van der Waals surface area contributed by atoms with Gasteiger partial charge in [-0.05, 0) is 17.7 Å². The second kappa shape index (κ2) is 4.35. The Morgan fingerprint density at radius 1 is 1.38 bits per heavy atom. The van der Waals surface area contributed by atoms with Crippen LogP contribution >= 0.6 is 0 Å². The van der Waals surface area contributed by atoms with E-state index >= 15 is 0 Å². The quantitative estimate of drug-likeness (QED) is 0.740. The third-order valence-corrected chi connectivity index (χ3v) is 2.21. The van der Waals surface area contributed by atoms with Crippen LogP contribution < -0.4 is 5.73 Å². The Morgan fingerprint density at radius 3 is 2.38 bits per heavy atom. The first kappa shape index (κ1) is 10.2. The molecule has 1 aromatic rings. The van der Waals surface area contributed by atoms with Crippen LogP contribution in [0.2, 0.25) is 0 Å². The summed E-state index contributed by atoms with van der Waals surface area (Å²) in [4.78, 5) is 0. The number of benzene rings is 1. The van der Waals surface area contributed by atoms with E-state index in [2.05, 4.69) is 0 Å². The molecule has 3 N–H and O–H groups in total. The smallest absolute Gasteiger partial charge is 0.123 e. The molecule has 13 heavy (non-hydrogen) atoms. The number of nitrogens with two attached hydrogens (primary N) is 1. The highest BCUT2D eigenvalue weighted by molar-refractivity contribution is 5.20. The SMILES string of the molecule is CC(c1ccc(F)cc1)C(O)CN. The van der Waals surface area contributed by atoms with Crippen LogP contribution in [0.25, 0.3) is 0 Å². The molecule has 0 aliphatic heterocycles. The fourth-order valence-electron chi connectivity index (χ4n) is 1.19. The van der Waals surface area contributed by atoms with Gasteiger partial charge in [-0.15, -0.1) is 0 Å². The van der Waals surface area contributed by atoms with Crippen LogP contribution in [0.3, 0.4) is 0 Å². The lowest BCUT2D eigenvalue weighted by atomic mass is 9.95. The lowest BCUT2D eigenvalue weighted by molar-refractivity contribution is 0.157. The van der Waals surface area contributed by atoms with E-state index < -0.39 is 6.10 Å². The van der Waals surface area contributed by atoms with Crippen LogP contribution in [0.15, 0.2) is 24.3 Å². The van der Waals surface area contributed by atoms with Gasteiger partial charge in [-0.25, -0.2) is 4.39 Å². The summed E-state index contributed by atoms with van der Waals surface area (Å²) in [5.41, 5.74) is 6.22. The Kier molecular flexibility index (Phi) is 3.39. The third kappa shape index (κ3) is 2.50. The maximum Gasteiger partial charge on any atom is 0.123 e. The lowest BCUT2D eigenvalue weighted by Gasteiger charge is -2.17. The first-order valence-electron chi connectivity index (χ1n) is 4.28. The highest BCUT2D eigenvalue weighted by Gasteiger charge is 2.13. The average Bonchev–Trinajstić information content (AvgIpc) is 2.17. The van der Waals surface area contributed by atoms with Crippen molar-refractivity contribution in [3.8, 4) is 0 Å². The molecule has 0 aromatic heterocycles. The Morgan fingerprint density at radius 2 is 1.92 bits per heavy atom. The minimum absolute atomic E-state index is 0.0504. The summed E-state index contributed by atoms with van der Waals surface area (Å²) in [5.74, 6) is -0.316. The molecular formula is C10H14FNO. The van der Waals surface area contributed by atoms with E-state index in [9.17, 15) is 9.50 Å². The van der Waals surface area contributed by atoms with E-state index in [1.807, 2.05) is 6.92 Å². The zero-order valence-corrected chi connectivity index (χ0v) is 7.57. The molecule has 2 nitrogen and oxygen atoms in total. The van der Waals surface area contributed by atoms with Gasteiger partial charge < -0.3 is 10.8 Å². The fourth-order valence-corrected chi connectivity index (χ4v) is 1.19. The van der Waals surface area contributed by atoms with Gasteiger partial charge in [0, 0.05) is 12.5 Å². The monoisotopic (exact) mass is 183 g/mol. The van der Waals surface area contributed by atoms with Gasteiger partial charge in [0.1, 0.15) is 5.82 Å². The molecule has 2 unspecified atom stereocenters. The third-order valence-electron chi connectivity index (χ3n) is 2.21. The zero-order valence-electron chi connectivity index (χ0n) is 7.57. The molecule has 0 heterocycles. The summed E-state index contributed by atoms with van der Waals surface area (Å²) in [6.45, 7) is 2.09. The standard InChI is InChI=1S/C10H14FNO/c1-7(10(13)6-12)8-2-4-9(11)5-3-8/h2-5,7,10,13H,6,12H2,1H3. The Balaban J connectivity index is 2.77. The summed E-state index contributed by atoms with van der Waals surface area (Å²) >= 11 is 0. The first-order valence-corrected chi connectivity index (χ1v) is 4.28. The van der Waals surface area contributed by atoms with Gasteiger partial charge in [0.2, 0.25) is 0 Å². The number of aliphatic hydroxyl groups is 1. The highest BCUT2D eigenvalue weighted by Crippen LogP contribution is 2.18. The minimum Gasteiger partial charge on any atom is -0.391 e. The molecule has 3 heteroatoms. The van der Waals surface area contributed by atoms with Crippen LogP contribution in [-0.2, 0) is 0 Å². The fraction of sp³-hybridized carbons (Fsp3) is 0.400. The van der Waals surface area contributed by atoms with Gasteiger partial charge in [-0.1, -0.05) is 19.1 Å². The van der Waals surface area contributed by atoms with Crippen molar-refractivity contribution in [3.05, 3.63) is 35.6 Å². The minimum atomic E-state index is -0.564. The molecule has 0 fully saturated rings. The molecule has 0 aliphatic carbocycles. The molecule has 1 rings (SSSR count). The van der Waals surface area contributed by atoms with Gasteiger partial charge in [-0.3, -0.25) is 0 Å². The summed E-state index contributed by atoms with van der Waals surface area (Å²) in [6.07, 6.45) is -0.564. The van der Waals surface area contributed by atoms with E-state index in [1.54, 1.807) is 12.1 Å². The van der Waals surface area contributed by atoms with Crippen molar-refractivity contribution in [1.29, 1.82) is 0 Å². The molecule has 0 spiro atoms. The number of rotatable bonds is 3. The Labute approximate surface area is 77.2 Å². The summed E-state index contributed by atoms with van der Waals surface area (Å²) < 4.78 is 12.5. The maximum absolute atomic E-state index is 12.5. The molecule has 0 aliphatic rings. The topological polar surface area (TPSA) is 46.2 Å². The average molecular weight is 183 g/mol. The summed E-state index contributed by atoms with van der Waals surface area (Å²) in [5, 5.41) is 9.43. The largest absolute Gasteiger partial charge is 0.391 e. The van der Waals surface area contributed by atoms with Crippen LogP contribution in [0.5, 0.6) is 0 Å². The van der Waals surface area contributed by atoms with Crippen molar-refractivity contribution in [2.75, 3.05) is 6.54 Å². The van der Waals surface area contributed by atoms with Crippen LogP contribution in [-0.4, -0.2) is 17.8 Å². The van der Waals surface area contributed by atoms with Gasteiger partial charge in [-0.2, -0.15) is 0 Å². The van der Waals surface area contributed by atoms with Gasteiger partial charge in [0.15, 0.2) is 0 Å². The van der Waals surface area contributed by atoms with Crippen molar-refractivity contribution >= 4 is 0 Å². The number of hydrogen-bond donors (Lipinski definition) is 2. The van der Waals surface area contributed by atoms with Crippen molar-refractivity contribution < 1.29 is 9.50 Å². The summed E-state index contributed by atoms with van der Waals surface area (Å²) in [7, 11) is 0.